The van der Waals surface area contributed by atoms with E-state index in [1.54, 1.807) is 0 Å². The summed E-state index contributed by atoms with van der Waals surface area (Å²) in [6.07, 6.45) is 12.7. The molecule has 0 unspecified atom stereocenters. The van der Waals surface area contributed by atoms with Gasteiger partial charge in [-0.2, -0.15) is 0 Å². The first kappa shape index (κ1) is 79.1. The van der Waals surface area contributed by atoms with Gasteiger partial charge in [-0.15, -0.1) is 0 Å². The van der Waals surface area contributed by atoms with Crippen molar-refractivity contribution in [3.8, 4) is 91.1 Å². The van der Waals surface area contributed by atoms with E-state index in [1.807, 2.05) is 6.08 Å². The van der Waals surface area contributed by atoms with Crippen LogP contribution >= 0.6 is 0 Å². The predicted molar refractivity (Wildman–Crippen MR) is 483 cm³/mol. The van der Waals surface area contributed by atoms with E-state index < -0.39 is 0 Å². The van der Waals surface area contributed by atoms with Crippen LogP contribution < -0.4 is 4.90 Å². The van der Waals surface area contributed by atoms with Gasteiger partial charge in [-0.3, -0.25) is 0 Å². The summed E-state index contributed by atoms with van der Waals surface area (Å²) in [5.74, 6) is 5.60. The Hall–Kier alpha value is -12.5. The molecule has 574 valence electrons. The van der Waals surface area contributed by atoms with Gasteiger partial charge in [0.15, 0.2) is 52.4 Å². The zero-order valence-electron chi connectivity index (χ0n) is 69.8. The Kier molecular flexibility index (Phi) is 22.1. The molecule has 14 rings (SSSR count). The van der Waals surface area contributed by atoms with Crippen LogP contribution in [0, 0.1) is 0 Å². The van der Waals surface area contributed by atoms with Crippen molar-refractivity contribution in [2.24, 2.45) is 0 Å². The smallest absolute Gasteiger partial charge is 0.164 e. The molecule has 0 aliphatic heterocycles. The SMILES string of the molecule is CC(C)(C)c1ccc(-c2nc(/C=C/c3ccc(N(c4ccc(/C=C/c5ccc(-c6nc(-c7ccc(C(C)(C)C)cc7)nc(-c7ccc(C(C)(C)C)cc7)n6)cc5)cc4)c4ccc(/C=C/c5ccc(-c6nc(-c7ccc(C(C)(C)C)cc7)nc(-c7ccc(C(C)(C)C)cc7)n6)cc5)cc4)cc3)nc(-c3ccc(C(C)(C)C)cc3)n2)cc1. The van der Waals surface area contributed by atoms with Gasteiger partial charge in [-0.1, -0.05) is 386 Å². The van der Waals surface area contributed by atoms with E-state index in [-0.39, 0.29) is 32.5 Å². The lowest BCUT2D eigenvalue weighted by Crippen LogP contribution is -2.11. The average molecular weight is 1510 g/mol. The van der Waals surface area contributed by atoms with Crippen molar-refractivity contribution in [3.63, 3.8) is 0 Å². The fourth-order valence-electron chi connectivity index (χ4n) is 13.7. The van der Waals surface area contributed by atoms with Crippen LogP contribution in [0.2, 0.25) is 0 Å². The average Bonchev–Trinajstić information content (AvgIpc) is 0.798. The highest BCUT2D eigenvalue weighted by Gasteiger charge is 2.24. The number of aromatic nitrogens is 9. The van der Waals surface area contributed by atoms with E-state index in [9.17, 15) is 0 Å². The van der Waals surface area contributed by atoms with Gasteiger partial charge < -0.3 is 4.90 Å². The summed E-state index contributed by atoms with van der Waals surface area (Å²) < 4.78 is 0. The molecule has 3 heterocycles. The van der Waals surface area contributed by atoms with Gasteiger partial charge >= 0.3 is 0 Å². The van der Waals surface area contributed by atoms with E-state index in [4.69, 9.17) is 44.9 Å². The first-order valence-corrected chi connectivity index (χ1v) is 40.0. The van der Waals surface area contributed by atoms with Crippen LogP contribution in [0.25, 0.3) is 128 Å². The Balaban J connectivity index is 0.747. The second-order valence-corrected chi connectivity index (χ2v) is 36.3. The monoisotopic (exact) mass is 1500 g/mol. The van der Waals surface area contributed by atoms with Crippen LogP contribution in [0.15, 0.2) is 267 Å². The normalized spacial score (nSPS) is 12.5. The third-order valence-corrected chi connectivity index (χ3v) is 21.1. The van der Waals surface area contributed by atoms with Gasteiger partial charge in [-0.25, -0.2) is 44.9 Å². The Morgan fingerprint density at radius 2 is 0.304 bits per heavy atom. The maximum atomic E-state index is 5.10. The Bertz CT molecular complexity index is 5340. The van der Waals surface area contributed by atoms with Gasteiger partial charge in [0.2, 0.25) is 0 Å². The fourth-order valence-corrected chi connectivity index (χ4v) is 13.7. The highest BCUT2D eigenvalue weighted by Crippen LogP contribution is 2.39. The highest BCUT2D eigenvalue weighted by molar-refractivity contribution is 5.82. The topological polar surface area (TPSA) is 119 Å². The standard InChI is InChI=1S/C105H104N10/c1-100(2,3)82-50-38-76(39-51-82)92-106-91(107-93(108-92)77-40-52-83(53-41-77)101(4,5)6)68-33-73-31-66-90(67-32-73)115(88-62-27-71(28-63-88)21-19-69-23-34-74(35-24-69)94-109-96(78-42-54-84(55-43-78)102(7,8)9)113-97(110-94)79-44-56-85(57-45-79)103(10,11)12)89-64-29-72(30-65-89)22-20-70-25-36-75(37-26-70)95-111-98(80-46-58-86(59-47-80)104(13,14)15)114-99(112-95)81-48-60-87(61-49-81)105(16,17)18/h19-68H,1-18H3/b21-19+,22-20+,68-33+. The second-order valence-electron chi connectivity index (χ2n) is 36.3. The van der Waals surface area contributed by atoms with Gasteiger partial charge in [0.05, 0.1) is 0 Å². The van der Waals surface area contributed by atoms with Gasteiger partial charge in [0.1, 0.15) is 0 Å². The number of nitrogens with zero attached hydrogens (tertiary/aromatic N) is 10. The first-order chi connectivity index (χ1) is 54.7. The van der Waals surface area contributed by atoms with E-state index in [0.717, 1.165) is 89.4 Å². The Morgan fingerprint density at radius 1 is 0.165 bits per heavy atom. The third kappa shape index (κ3) is 19.2. The maximum Gasteiger partial charge on any atom is 0.164 e. The minimum absolute atomic E-state index is 0.00904. The van der Waals surface area contributed by atoms with E-state index in [2.05, 4.69) is 427 Å². The number of anilines is 3. The zero-order valence-corrected chi connectivity index (χ0v) is 69.8. The van der Waals surface area contributed by atoms with Gasteiger partial charge in [0.25, 0.3) is 0 Å². The van der Waals surface area contributed by atoms with E-state index in [0.29, 0.717) is 52.4 Å². The molecule has 0 radical (unpaired) electrons. The third-order valence-electron chi connectivity index (χ3n) is 21.1. The van der Waals surface area contributed by atoms with Crippen molar-refractivity contribution in [2.45, 2.75) is 157 Å². The van der Waals surface area contributed by atoms with Crippen LogP contribution in [0.3, 0.4) is 0 Å². The number of benzene rings is 11. The quantitative estimate of drug-likeness (QED) is 0.0815. The largest absolute Gasteiger partial charge is 0.311 e. The molecular weight excluding hydrogens is 1400 g/mol. The maximum absolute atomic E-state index is 5.10. The molecule has 0 saturated carbocycles. The molecular formula is C105H104N10. The van der Waals surface area contributed by atoms with E-state index >= 15 is 0 Å². The molecule has 0 aliphatic rings. The van der Waals surface area contributed by atoms with Crippen molar-refractivity contribution >= 4 is 53.5 Å². The molecule has 0 amide bonds. The molecule has 0 aliphatic carbocycles. The molecule has 0 N–H and O–H groups in total. The molecule has 115 heavy (non-hydrogen) atoms. The van der Waals surface area contributed by atoms with Crippen molar-refractivity contribution in [3.05, 3.63) is 334 Å². The van der Waals surface area contributed by atoms with Crippen molar-refractivity contribution in [1.29, 1.82) is 0 Å². The van der Waals surface area contributed by atoms with Crippen LogP contribution in [0.1, 0.15) is 192 Å². The Morgan fingerprint density at radius 3 is 0.470 bits per heavy atom. The first-order valence-electron chi connectivity index (χ1n) is 40.0. The van der Waals surface area contributed by atoms with Gasteiger partial charge in [-0.05, 0) is 136 Å². The minimum atomic E-state index is 0.00904. The fraction of sp³-hybridized carbons (Fsp3) is 0.229. The number of rotatable bonds is 17. The summed E-state index contributed by atoms with van der Waals surface area (Å²) in [5.41, 5.74) is 23.3. The molecule has 0 saturated heterocycles. The lowest BCUT2D eigenvalue weighted by molar-refractivity contribution is 0.590. The highest BCUT2D eigenvalue weighted by atomic mass is 15.1. The Labute approximate surface area is 681 Å². The summed E-state index contributed by atoms with van der Waals surface area (Å²) in [6.45, 7) is 40.1. The lowest BCUT2D eigenvalue weighted by atomic mass is 9.86. The molecule has 14 aromatic rings. The van der Waals surface area contributed by atoms with Gasteiger partial charge in [0, 0.05) is 61.6 Å². The molecule has 11 aromatic carbocycles. The lowest BCUT2D eigenvalue weighted by Gasteiger charge is -2.26. The molecule has 0 atom stereocenters. The summed E-state index contributed by atoms with van der Waals surface area (Å²) in [4.78, 5) is 48.0. The molecule has 0 bridgehead atoms. The molecule has 0 spiro atoms. The van der Waals surface area contributed by atoms with E-state index in [1.165, 1.54) is 33.4 Å². The molecule has 0 fully saturated rings. The van der Waals surface area contributed by atoms with Crippen LogP contribution in [-0.4, -0.2) is 44.9 Å². The second kappa shape index (κ2) is 32.2. The number of hydrogen-bond acceptors (Lipinski definition) is 10. The molecule has 10 heteroatoms. The molecule has 3 aromatic heterocycles. The summed E-state index contributed by atoms with van der Waals surface area (Å²) in [5, 5.41) is 0. The van der Waals surface area contributed by atoms with Crippen molar-refractivity contribution in [2.75, 3.05) is 4.90 Å². The summed E-state index contributed by atoms with van der Waals surface area (Å²) in [7, 11) is 0. The number of hydrogen-bond donors (Lipinski definition) is 0. The zero-order chi connectivity index (χ0) is 81.2. The molecule has 10 nitrogen and oxygen atoms in total. The minimum Gasteiger partial charge on any atom is -0.311 e. The van der Waals surface area contributed by atoms with Crippen LogP contribution in [-0.2, 0) is 32.5 Å². The van der Waals surface area contributed by atoms with Crippen molar-refractivity contribution < 1.29 is 0 Å². The predicted octanol–water partition coefficient (Wildman–Crippen LogP) is 27.3. The summed E-state index contributed by atoms with van der Waals surface area (Å²) >= 11 is 0. The van der Waals surface area contributed by atoms with Crippen molar-refractivity contribution in [1.82, 2.24) is 44.9 Å². The van der Waals surface area contributed by atoms with Crippen LogP contribution in [0.4, 0.5) is 17.1 Å². The van der Waals surface area contributed by atoms with Crippen LogP contribution in [0.5, 0.6) is 0 Å². The summed E-state index contributed by atoms with van der Waals surface area (Å²) in [6, 6.07) is 94.5.